The number of carboxylic acids is 2. The Morgan fingerprint density at radius 3 is 2.05 bits per heavy atom. The summed E-state index contributed by atoms with van der Waals surface area (Å²) in [6.07, 6.45) is 0. The first-order chi connectivity index (χ1) is 9.76. The fourth-order valence-corrected chi connectivity index (χ4v) is 1.43. The minimum atomic E-state index is -1.79. The first kappa shape index (κ1) is 15.9. The molecule has 4 N–H and O–H groups in total. The lowest BCUT2D eigenvalue weighted by atomic mass is 10.1. The van der Waals surface area contributed by atoms with Gasteiger partial charge in [-0.05, 0) is 12.1 Å². The van der Waals surface area contributed by atoms with Crippen LogP contribution in [0.1, 0.15) is 5.56 Å². The number of nitrogens with zero attached hydrogens (tertiary/aromatic N) is 1. The smallest absolute Gasteiger partial charge is 0.394 e. The lowest BCUT2D eigenvalue weighted by Crippen LogP contribution is -2.23. The van der Waals surface area contributed by atoms with E-state index in [9.17, 15) is 19.2 Å². The predicted molar refractivity (Wildman–Crippen MR) is 68.7 cm³/mol. The van der Waals surface area contributed by atoms with Gasteiger partial charge in [0.15, 0.2) is 0 Å². The van der Waals surface area contributed by atoms with Gasteiger partial charge in [0.1, 0.15) is 6.07 Å². The molecule has 0 aromatic heterocycles. The molecule has 21 heavy (non-hydrogen) atoms. The third-order valence-electron chi connectivity index (χ3n) is 2.09. The van der Waals surface area contributed by atoms with Gasteiger partial charge in [-0.25, -0.2) is 9.59 Å². The van der Waals surface area contributed by atoms with Crippen molar-refractivity contribution in [2.45, 2.75) is 0 Å². The highest BCUT2D eigenvalue weighted by atomic mass is 35.5. The number of rotatable bonds is 2. The van der Waals surface area contributed by atoms with E-state index in [1.54, 1.807) is 6.07 Å². The normalized spacial score (nSPS) is 9.33. The quantitative estimate of drug-likeness (QED) is 0.570. The van der Waals surface area contributed by atoms with Gasteiger partial charge in [0.05, 0.1) is 16.3 Å². The van der Waals surface area contributed by atoms with E-state index in [4.69, 9.17) is 27.1 Å². The molecular weight excluding hydrogens is 306 g/mol. The molecule has 2 amide bonds. The average Bonchev–Trinajstić information content (AvgIpc) is 2.41. The van der Waals surface area contributed by atoms with Crippen LogP contribution in [0.5, 0.6) is 0 Å². The average molecular weight is 312 g/mol. The van der Waals surface area contributed by atoms with Crippen molar-refractivity contribution >= 4 is 46.7 Å². The van der Waals surface area contributed by atoms with Crippen LogP contribution >= 0.6 is 11.6 Å². The molecule has 0 saturated carbocycles. The van der Waals surface area contributed by atoms with Gasteiger partial charge in [-0.3, -0.25) is 9.59 Å². The van der Waals surface area contributed by atoms with Crippen LogP contribution in [-0.4, -0.2) is 34.0 Å². The van der Waals surface area contributed by atoms with E-state index in [-0.39, 0.29) is 22.0 Å². The van der Waals surface area contributed by atoms with Crippen molar-refractivity contribution in [1.29, 1.82) is 5.26 Å². The van der Waals surface area contributed by atoms with Crippen molar-refractivity contribution in [3.63, 3.8) is 0 Å². The van der Waals surface area contributed by atoms with Crippen molar-refractivity contribution in [2.24, 2.45) is 0 Å². The third kappa shape index (κ3) is 3.92. The Kier molecular flexibility index (Phi) is 4.82. The molecule has 1 rings (SSSR count). The zero-order valence-corrected chi connectivity index (χ0v) is 10.8. The molecule has 0 aliphatic rings. The van der Waals surface area contributed by atoms with Crippen LogP contribution < -0.4 is 10.6 Å². The largest absolute Gasteiger partial charge is 0.474 e. The number of benzene rings is 1. The number of carbonyl (C=O) groups is 4. The maximum absolute atomic E-state index is 11.1. The number of hydrogen-bond donors (Lipinski definition) is 4. The number of anilines is 2. The van der Waals surface area contributed by atoms with Gasteiger partial charge in [0.2, 0.25) is 0 Å². The summed E-state index contributed by atoms with van der Waals surface area (Å²) >= 11 is 5.77. The molecule has 108 valence electrons. The number of halogens is 1. The first-order valence-corrected chi connectivity index (χ1v) is 5.46. The zero-order valence-electron chi connectivity index (χ0n) is 10.0. The molecule has 10 heteroatoms. The maximum atomic E-state index is 11.1. The van der Waals surface area contributed by atoms with Crippen LogP contribution in [0.2, 0.25) is 5.02 Å². The molecule has 1 aromatic rings. The van der Waals surface area contributed by atoms with Crippen molar-refractivity contribution in [3.8, 4) is 6.07 Å². The second-order valence-corrected chi connectivity index (χ2v) is 3.89. The van der Waals surface area contributed by atoms with Gasteiger partial charge in [0.25, 0.3) is 0 Å². The fourth-order valence-electron chi connectivity index (χ4n) is 1.23. The minimum absolute atomic E-state index is 0.149. The Morgan fingerprint density at radius 2 is 1.57 bits per heavy atom. The van der Waals surface area contributed by atoms with Crippen LogP contribution in [0, 0.1) is 11.3 Å². The van der Waals surface area contributed by atoms with Gasteiger partial charge >= 0.3 is 23.8 Å². The number of hydrogen-bond acceptors (Lipinski definition) is 5. The molecule has 1 aromatic carbocycles. The van der Waals surface area contributed by atoms with Gasteiger partial charge in [0, 0.05) is 5.69 Å². The van der Waals surface area contributed by atoms with Crippen LogP contribution in [0.25, 0.3) is 0 Å². The molecule has 0 radical (unpaired) electrons. The summed E-state index contributed by atoms with van der Waals surface area (Å²) in [5.74, 6) is -6.34. The second-order valence-electron chi connectivity index (χ2n) is 3.52. The summed E-state index contributed by atoms with van der Waals surface area (Å²) < 4.78 is 0. The second kappa shape index (κ2) is 6.36. The monoisotopic (exact) mass is 311 g/mol. The minimum Gasteiger partial charge on any atom is -0.474 e. The molecule has 0 saturated heterocycles. The molecule has 0 fully saturated rings. The molecule has 0 spiro atoms. The Bertz CT molecular complexity index is 694. The van der Waals surface area contributed by atoms with Crippen molar-refractivity contribution in [2.75, 3.05) is 10.6 Å². The van der Waals surface area contributed by atoms with Gasteiger partial charge in [-0.2, -0.15) is 5.26 Å². The maximum Gasteiger partial charge on any atom is 0.394 e. The van der Waals surface area contributed by atoms with E-state index in [1.165, 1.54) is 0 Å². The Hall–Kier alpha value is -3.12. The van der Waals surface area contributed by atoms with Gasteiger partial charge < -0.3 is 20.8 Å². The van der Waals surface area contributed by atoms with Crippen LogP contribution in [0.15, 0.2) is 12.1 Å². The summed E-state index contributed by atoms with van der Waals surface area (Å²) in [5, 5.41) is 29.4. The van der Waals surface area contributed by atoms with Crippen LogP contribution in [0.3, 0.4) is 0 Å². The number of amides is 2. The van der Waals surface area contributed by atoms with Crippen molar-refractivity contribution in [1.82, 2.24) is 0 Å². The summed E-state index contributed by atoms with van der Waals surface area (Å²) in [5.41, 5.74) is -0.603. The Balaban J connectivity index is 3.22. The van der Waals surface area contributed by atoms with Gasteiger partial charge in [-0.1, -0.05) is 11.6 Å². The standard InChI is InChI=1S/C11H6ClN3O6/c12-7-4(3-13)1-5(14-8(16)10(18)19)2-6(7)15-9(17)11(20)21/h1-2H,(H,14,16)(H,15,17)(H,18,19)(H,20,21). The molecular formula is C11H6ClN3O6. The Morgan fingerprint density at radius 1 is 1.05 bits per heavy atom. The molecule has 0 heterocycles. The summed E-state index contributed by atoms with van der Waals surface area (Å²) in [4.78, 5) is 43.0. The van der Waals surface area contributed by atoms with E-state index < -0.39 is 23.8 Å². The number of nitriles is 1. The lowest BCUT2D eigenvalue weighted by molar-refractivity contribution is -0.147. The molecule has 0 aliphatic carbocycles. The van der Waals surface area contributed by atoms with E-state index >= 15 is 0 Å². The number of carboxylic acid groups (broad SMARTS) is 2. The molecule has 0 atom stereocenters. The highest BCUT2D eigenvalue weighted by molar-refractivity contribution is 6.40. The van der Waals surface area contributed by atoms with E-state index in [0.717, 1.165) is 12.1 Å². The van der Waals surface area contributed by atoms with E-state index in [0.29, 0.717) is 0 Å². The predicted octanol–water partition coefficient (Wildman–Crippen LogP) is 0.258. The summed E-state index contributed by atoms with van der Waals surface area (Å²) in [6, 6.07) is 3.74. The van der Waals surface area contributed by atoms with Crippen molar-refractivity contribution in [3.05, 3.63) is 22.7 Å². The summed E-state index contributed by atoms with van der Waals surface area (Å²) in [7, 11) is 0. The molecule has 0 aliphatic heterocycles. The number of carbonyl (C=O) groups excluding carboxylic acids is 2. The van der Waals surface area contributed by atoms with E-state index in [2.05, 4.69) is 0 Å². The Labute approximate surface area is 121 Å². The third-order valence-corrected chi connectivity index (χ3v) is 2.49. The molecule has 9 nitrogen and oxygen atoms in total. The van der Waals surface area contributed by atoms with Crippen LogP contribution in [0.4, 0.5) is 11.4 Å². The highest BCUT2D eigenvalue weighted by Gasteiger charge is 2.18. The number of nitrogens with one attached hydrogen (secondary N) is 2. The fraction of sp³-hybridized carbons (Fsp3) is 0. The highest BCUT2D eigenvalue weighted by Crippen LogP contribution is 2.29. The van der Waals surface area contributed by atoms with Crippen LogP contribution in [-0.2, 0) is 19.2 Å². The van der Waals surface area contributed by atoms with E-state index in [1.807, 2.05) is 10.6 Å². The zero-order chi connectivity index (χ0) is 16.2. The summed E-state index contributed by atoms with van der Waals surface area (Å²) in [6.45, 7) is 0. The molecule has 0 bridgehead atoms. The topological polar surface area (TPSA) is 157 Å². The molecule has 0 unspecified atom stereocenters. The SMILES string of the molecule is N#Cc1cc(NC(=O)C(=O)O)cc(NC(=O)C(=O)O)c1Cl. The van der Waals surface area contributed by atoms with Crippen molar-refractivity contribution < 1.29 is 29.4 Å². The first-order valence-electron chi connectivity index (χ1n) is 5.08. The lowest BCUT2D eigenvalue weighted by Gasteiger charge is -2.10. The number of aliphatic carboxylic acids is 2. The van der Waals surface area contributed by atoms with Gasteiger partial charge in [-0.15, -0.1) is 0 Å².